The van der Waals surface area contributed by atoms with Gasteiger partial charge in [0.2, 0.25) is 0 Å². The molecular formula is C19H27NO2. The van der Waals surface area contributed by atoms with Crippen molar-refractivity contribution in [3.05, 3.63) is 42.0 Å². The van der Waals surface area contributed by atoms with Gasteiger partial charge in [0.25, 0.3) is 0 Å². The van der Waals surface area contributed by atoms with Crippen molar-refractivity contribution in [2.45, 2.75) is 64.0 Å². The Morgan fingerprint density at radius 2 is 2.14 bits per heavy atom. The van der Waals surface area contributed by atoms with Crippen LogP contribution in [0.25, 0.3) is 6.08 Å². The van der Waals surface area contributed by atoms with Crippen LogP contribution in [0.2, 0.25) is 0 Å². The molecule has 3 heteroatoms. The Kier molecular flexibility index (Phi) is 5.28. The van der Waals surface area contributed by atoms with Crippen LogP contribution in [0.15, 0.2) is 30.8 Å². The normalized spacial score (nSPS) is 22.0. The van der Waals surface area contributed by atoms with Gasteiger partial charge in [-0.2, -0.15) is 0 Å². The van der Waals surface area contributed by atoms with Gasteiger partial charge in [-0.25, -0.2) is 4.79 Å². The molecule has 120 valence electrons. The van der Waals surface area contributed by atoms with Crippen LogP contribution in [-0.4, -0.2) is 17.7 Å². The molecule has 1 aliphatic carbocycles. The lowest BCUT2D eigenvalue weighted by Gasteiger charge is -2.31. The minimum atomic E-state index is -0.448. The van der Waals surface area contributed by atoms with Crippen LogP contribution in [0.4, 0.5) is 4.79 Å². The minimum Gasteiger partial charge on any atom is -0.444 e. The van der Waals surface area contributed by atoms with E-state index in [4.69, 9.17) is 4.74 Å². The Balaban J connectivity index is 1.96. The van der Waals surface area contributed by atoms with E-state index >= 15 is 0 Å². The second kappa shape index (κ2) is 6.99. The second-order valence-electron chi connectivity index (χ2n) is 7.08. The molecule has 1 aliphatic rings. The summed E-state index contributed by atoms with van der Waals surface area (Å²) in [5.41, 5.74) is 2.05. The van der Waals surface area contributed by atoms with Crippen molar-refractivity contribution in [2.75, 3.05) is 0 Å². The fourth-order valence-corrected chi connectivity index (χ4v) is 3.04. The third kappa shape index (κ3) is 4.90. The quantitative estimate of drug-likeness (QED) is 0.864. The maximum Gasteiger partial charge on any atom is 0.407 e. The number of nitrogens with one attached hydrogen (secondary N) is 1. The molecule has 0 radical (unpaired) electrons. The molecule has 0 unspecified atom stereocenters. The summed E-state index contributed by atoms with van der Waals surface area (Å²) in [6, 6.07) is 8.72. The lowest BCUT2D eigenvalue weighted by molar-refractivity contribution is 0.0490. The first-order valence-corrected chi connectivity index (χ1v) is 8.09. The molecule has 1 saturated carbocycles. The van der Waals surface area contributed by atoms with Crippen molar-refractivity contribution < 1.29 is 9.53 Å². The Labute approximate surface area is 133 Å². The predicted molar refractivity (Wildman–Crippen MR) is 90.9 cm³/mol. The number of rotatable bonds is 3. The molecule has 0 bridgehead atoms. The first-order chi connectivity index (χ1) is 10.4. The van der Waals surface area contributed by atoms with E-state index in [1.807, 2.05) is 26.8 Å². The highest BCUT2D eigenvalue weighted by Crippen LogP contribution is 2.33. The highest BCUT2D eigenvalue weighted by molar-refractivity contribution is 5.68. The predicted octanol–water partition coefficient (Wildman–Crippen LogP) is 4.88. The highest BCUT2D eigenvalue weighted by atomic mass is 16.6. The fraction of sp³-hybridized carbons (Fsp3) is 0.526. The second-order valence-corrected chi connectivity index (χ2v) is 7.08. The number of hydrogen-bond donors (Lipinski definition) is 1. The van der Waals surface area contributed by atoms with Gasteiger partial charge in [0, 0.05) is 6.04 Å². The summed E-state index contributed by atoms with van der Waals surface area (Å²) in [5.74, 6) is 0.494. The van der Waals surface area contributed by atoms with E-state index in [-0.39, 0.29) is 12.1 Å². The van der Waals surface area contributed by atoms with Gasteiger partial charge >= 0.3 is 6.09 Å². The van der Waals surface area contributed by atoms with Gasteiger partial charge in [-0.3, -0.25) is 0 Å². The topological polar surface area (TPSA) is 38.3 Å². The Morgan fingerprint density at radius 1 is 1.36 bits per heavy atom. The average Bonchev–Trinajstić information content (AvgIpc) is 2.45. The van der Waals surface area contributed by atoms with Crippen LogP contribution in [0.3, 0.4) is 0 Å². The zero-order chi connectivity index (χ0) is 16.2. The molecule has 2 atom stereocenters. The van der Waals surface area contributed by atoms with E-state index in [0.29, 0.717) is 5.92 Å². The summed E-state index contributed by atoms with van der Waals surface area (Å²) in [5, 5.41) is 3.02. The van der Waals surface area contributed by atoms with E-state index in [9.17, 15) is 4.79 Å². The number of carbonyl (C=O) groups is 1. The first-order valence-electron chi connectivity index (χ1n) is 8.09. The molecule has 0 aliphatic heterocycles. The standard InChI is InChI=1S/C19H27NO2/c1-5-14-8-6-9-15(12-14)16-10-7-11-17(13-16)20-18(21)22-19(2,3)4/h5-6,8-9,12,16-17H,1,7,10-11,13H2,2-4H3,(H,20,21)/t16-,17+/m0/s1. The molecule has 0 aromatic heterocycles. The van der Waals surface area contributed by atoms with Crippen LogP contribution in [-0.2, 0) is 4.74 Å². The fourth-order valence-electron chi connectivity index (χ4n) is 3.04. The Morgan fingerprint density at radius 3 is 2.82 bits per heavy atom. The third-order valence-corrected chi connectivity index (χ3v) is 4.01. The van der Waals surface area contributed by atoms with Crippen LogP contribution >= 0.6 is 0 Å². The minimum absolute atomic E-state index is 0.195. The van der Waals surface area contributed by atoms with Gasteiger partial charge in [-0.15, -0.1) is 0 Å². The van der Waals surface area contributed by atoms with Crippen molar-refractivity contribution in [1.29, 1.82) is 0 Å². The largest absolute Gasteiger partial charge is 0.444 e. The molecule has 0 spiro atoms. The number of amides is 1. The summed E-state index contributed by atoms with van der Waals surface area (Å²) in [7, 11) is 0. The maximum atomic E-state index is 11.9. The van der Waals surface area contributed by atoms with Crippen molar-refractivity contribution >= 4 is 12.2 Å². The molecule has 1 amide bonds. The average molecular weight is 301 g/mol. The summed E-state index contributed by atoms with van der Waals surface area (Å²) in [6.07, 6.45) is 5.87. The van der Waals surface area contributed by atoms with Crippen molar-refractivity contribution in [3.8, 4) is 0 Å². The Hall–Kier alpha value is -1.77. The van der Waals surface area contributed by atoms with E-state index in [0.717, 1.165) is 24.8 Å². The summed E-state index contributed by atoms with van der Waals surface area (Å²) < 4.78 is 5.35. The number of hydrogen-bond acceptors (Lipinski definition) is 2. The summed E-state index contributed by atoms with van der Waals surface area (Å²) >= 11 is 0. The van der Waals surface area contributed by atoms with E-state index < -0.39 is 5.60 Å². The molecule has 1 aromatic rings. The van der Waals surface area contributed by atoms with Crippen LogP contribution in [0.5, 0.6) is 0 Å². The van der Waals surface area contributed by atoms with E-state index in [2.05, 4.69) is 36.2 Å². The first kappa shape index (κ1) is 16.6. The molecule has 1 N–H and O–H groups in total. The number of ether oxygens (including phenoxy) is 1. The summed E-state index contributed by atoms with van der Waals surface area (Å²) in [4.78, 5) is 11.9. The van der Waals surface area contributed by atoms with Gasteiger partial charge in [-0.1, -0.05) is 43.3 Å². The van der Waals surface area contributed by atoms with Gasteiger partial charge in [0.05, 0.1) is 0 Å². The lowest BCUT2D eigenvalue weighted by Crippen LogP contribution is -2.41. The van der Waals surface area contributed by atoms with Crippen molar-refractivity contribution in [2.24, 2.45) is 0 Å². The molecule has 0 heterocycles. The van der Waals surface area contributed by atoms with Crippen molar-refractivity contribution in [1.82, 2.24) is 5.32 Å². The number of carbonyl (C=O) groups excluding carboxylic acids is 1. The number of alkyl carbamates (subject to hydrolysis) is 1. The molecular weight excluding hydrogens is 274 g/mol. The third-order valence-electron chi connectivity index (χ3n) is 4.01. The molecule has 1 fully saturated rings. The molecule has 3 nitrogen and oxygen atoms in total. The van der Waals surface area contributed by atoms with Gasteiger partial charge in [-0.05, 0) is 57.1 Å². The smallest absolute Gasteiger partial charge is 0.407 e. The van der Waals surface area contributed by atoms with Gasteiger partial charge in [0.15, 0.2) is 0 Å². The van der Waals surface area contributed by atoms with Gasteiger partial charge in [0.1, 0.15) is 5.60 Å². The van der Waals surface area contributed by atoms with Gasteiger partial charge < -0.3 is 10.1 Å². The van der Waals surface area contributed by atoms with Crippen LogP contribution in [0, 0.1) is 0 Å². The van der Waals surface area contributed by atoms with Crippen molar-refractivity contribution in [3.63, 3.8) is 0 Å². The highest BCUT2D eigenvalue weighted by Gasteiger charge is 2.26. The molecule has 1 aromatic carbocycles. The zero-order valence-electron chi connectivity index (χ0n) is 13.9. The van der Waals surface area contributed by atoms with E-state index in [1.165, 1.54) is 12.0 Å². The molecule has 0 saturated heterocycles. The van der Waals surface area contributed by atoms with Crippen LogP contribution < -0.4 is 5.32 Å². The Bertz CT molecular complexity index is 530. The molecule has 2 rings (SSSR count). The zero-order valence-corrected chi connectivity index (χ0v) is 13.9. The summed E-state index contributed by atoms with van der Waals surface area (Å²) in [6.45, 7) is 9.49. The lowest BCUT2D eigenvalue weighted by atomic mass is 9.81. The molecule has 22 heavy (non-hydrogen) atoms. The monoisotopic (exact) mass is 301 g/mol. The van der Waals surface area contributed by atoms with Crippen LogP contribution in [0.1, 0.15) is 63.5 Å². The maximum absolute atomic E-state index is 11.9. The van der Waals surface area contributed by atoms with E-state index in [1.54, 1.807) is 0 Å². The SMILES string of the molecule is C=Cc1cccc([C@H]2CCC[C@@H](NC(=O)OC(C)(C)C)C2)c1. The number of benzene rings is 1.